The molecule has 2 amide bonds. The molecule has 0 unspecified atom stereocenters. The molecule has 0 atom stereocenters. The molecule has 1 aliphatic rings. The van der Waals surface area contributed by atoms with Gasteiger partial charge in [0.2, 0.25) is 0 Å². The minimum absolute atomic E-state index is 0.0494. The third kappa shape index (κ3) is 100. The largest absolute Gasteiger partial charge is 0.379 e. The fourth-order valence-corrected chi connectivity index (χ4v) is 8.91. The van der Waals surface area contributed by atoms with Gasteiger partial charge in [0.15, 0.2) is 0 Å². The van der Waals surface area contributed by atoms with Crippen LogP contribution in [0.1, 0.15) is 19.3 Å². The van der Waals surface area contributed by atoms with E-state index in [1.54, 1.807) is 0 Å². The van der Waals surface area contributed by atoms with Gasteiger partial charge in [0, 0.05) is 24.3 Å². The first-order chi connectivity index (χ1) is 61.1. The van der Waals surface area contributed by atoms with Gasteiger partial charge in [0.05, 0.1) is 482 Å². The van der Waals surface area contributed by atoms with Crippen molar-refractivity contribution in [3.63, 3.8) is 0 Å². The molecule has 44 nitrogen and oxygen atoms in total. The molecule has 1 rings (SSSR count). The third-order valence-electron chi connectivity index (χ3n) is 15.1. The first-order valence-corrected chi connectivity index (χ1v) is 43.0. The zero-order valence-corrected chi connectivity index (χ0v) is 73.4. The number of ether oxygens (including phenoxy) is 36. The monoisotopic (exact) mass is 1800 g/mol. The molecule has 0 aromatic heterocycles. The van der Waals surface area contributed by atoms with Crippen LogP contribution in [0.4, 0.5) is 0 Å². The van der Waals surface area contributed by atoms with Gasteiger partial charge in [-0.15, -0.1) is 5.06 Å². The van der Waals surface area contributed by atoms with Gasteiger partial charge in [0.25, 0.3) is 11.8 Å². The molecular weight excluding hydrogens is 1640 g/mol. The maximum Gasteiger partial charge on any atom is 0.335 e. The Morgan fingerprint density at radius 2 is 0.301 bits per heavy atom. The number of hydrogen-bond donors (Lipinski definition) is 0. The highest BCUT2D eigenvalue weighted by Crippen LogP contribution is 2.13. The fourth-order valence-electron chi connectivity index (χ4n) is 8.91. The van der Waals surface area contributed by atoms with Crippen LogP contribution >= 0.6 is 0 Å². The second-order valence-corrected chi connectivity index (χ2v) is 24.8. The number of hydroxylamine groups is 2. The van der Waals surface area contributed by atoms with E-state index in [9.17, 15) is 14.4 Å². The van der Waals surface area contributed by atoms with Crippen LogP contribution in [0.2, 0.25) is 0 Å². The van der Waals surface area contributed by atoms with Crippen LogP contribution in [0, 0.1) is 0 Å². The van der Waals surface area contributed by atoms with Crippen LogP contribution in [0.5, 0.6) is 0 Å². The molecule has 0 aromatic rings. The summed E-state index contributed by atoms with van der Waals surface area (Å²) in [6, 6.07) is 0. The van der Waals surface area contributed by atoms with Crippen molar-refractivity contribution in [2.45, 2.75) is 19.3 Å². The summed E-state index contributed by atoms with van der Waals surface area (Å²) in [7, 11) is 0. The number of carbonyl (C=O) groups is 3. The van der Waals surface area contributed by atoms with Crippen LogP contribution in [0.25, 0.3) is 10.4 Å². The van der Waals surface area contributed by atoms with Gasteiger partial charge in [-0.25, -0.2) is 4.79 Å². The molecular formula is C79H152N4O40. The predicted octanol–water partition coefficient (Wildman–Crippen LogP) is 0.892. The summed E-state index contributed by atoms with van der Waals surface area (Å²) >= 11 is 0. The minimum Gasteiger partial charge on any atom is -0.379 e. The highest BCUT2D eigenvalue weighted by atomic mass is 16.7. The molecule has 0 aromatic carbocycles. The predicted molar refractivity (Wildman–Crippen MR) is 435 cm³/mol. The molecule has 44 heteroatoms. The molecule has 0 saturated carbocycles. The van der Waals surface area contributed by atoms with Crippen molar-refractivity contribution < 1.29 is 190 Å². The minimum atomic E-state index is -0.707. The normalized spacial score (nSPS) is 12.4. The Morgan fingerprint density at radius 3 is 0.415 bits per heavy atom. The number of hydrogen-bond acceptors (Lipinski definition) is 41. The Bertz CT molecular complexity index is 2090. The second-order valence-electron chi connectivity index (χ2n) is 24.8. The van der Waals surface area contributed by atoms with E-state index in [4.69, 9.17) is 181 Å². The topological polar surface area (TPSA) is 445 Å². The van der Waals surface area contributed by atoms with Crippen molar-refractivity contribution in [3.8, 4) is 0 Å². The van der Waals surface area contributed by atoms with E-state index in [0.29, 0.717) is 474 Å². The lowest BCUT2D eigenvalue weighted by Crippen LogP contribution is -2.32. The first kappa shape index (κ1) is 117. The Kier molecular flexibility index (Phi) is 102. The van der Waals surface area contributed by atoms with Gasteiger partial charge in [-0.3, -0.25) is 9.59 Å². The molecule has 123 heavy (non-hydrogen) atoms. The fraction of sp³-hybridized carbons (Fsp3) is 0.962. The van der Waals surface area contributed by atoms with E-state index in [2.05, 4.69) is 10.0 Å². The van der Waals surface area contributed by atoms with E-state index in [0.717, 1.165) is 0 Å². The lowest BCUT2D eigenvalue weighted by molar-refractivity contribution is -0.198. The Balaban J connectivity index is 1.58. The smallest absolute Gasteiger partial charge is 0.335 e. The summed E-state index contributed by atoms with van der Waals surface area (Å²) in [6.07, 6.45) is 0.0136. The van der Waals surface area contributed by atoms with E-state index < -0.39 is 17.8 Å². The SMILES string of the molecule is [N-]=[N+]=NCCOCCOCCOCCOCCOCCOCCOCCOCCOCCOCCOCCOCCOCCOCCOCCOCCOCCOCCOCCOCCOCCOCCOCCOCCOCCOCCOCCOCCOCCOCCOCCOCCOCCOCCOCCOCCC(=O)ON1C(=O)CCC1=O. The van der Waals surface area contributed by atoms with E-state index in [1.807, 2.05) is 0 Å². The lowest BCUT2D eigenvalue weighted by Gasteiger charge is -2.12. The van der Waals surface area contributed by atoms with Crippen molar-refractivity contribution in [1.82, 2.24) is 5.06 Å². The number of azide groups is 1. The summed E-state index contributed by atoms with van der Waals surface area (Å²) in [5.74, 6) is -1.74. The molecule has 0 N–H and O–H groups in total. The molecule has 1 heterocycles. The van der Waals surface area contributed by atoms with E-state index in [-0.39, 0.29) is 32.5 Å². The van der Waals surface area contributed by atoms with Crippen LogP contribution in [0.15, 0.2) is 5.11 Å². The van der Waals surface area contributed by atoms with Crippen molar-refractivity contribution in [3.05, 3.63) is 10.4 Å². The van der Waals surface area contributed by atoms with Crippen molar-refractivity contribution in [2.75, 3.05) is 482 Å². The van der Waals surface area contributed by atoms with Gasteiger partial charge in [-0.1, -0.05) is 5.11 Å². The zero-order chi connectivity index (χ0) is 87.6. The molecule has 0 bridgehead atoms. The Morgan fingerprint density at radius 1 is 0.195 bits per heavy atom. The van der Waals surface area contributed by atoms with Crippen molar-refractivity contribution in [1.29, 1.82) is 0 Å². The molecule has 1 saturated heterocycles. The van der Waals surface area contributed by atoms with Crippen LogP contribution in [0.3, 0.4) is 0 Å². The van der Waals surface area contributed by atoms with Gasteiger partial charge in [0.1, 0.15) is 0 Å². The third-order valence-corrected chi connectivity index (χ3v) is 15.1. The average molecular weight is 1800 g/mol. The quantitative estimate of drug-likeness (QED) is 0.0268. The summed E-state index contributed by atoms with van der Waals surface area (Å²) in [4.78, 5) is 42.1. The van der Waals surface area contributed by atoms with Crippen LogP contribution in [-0.4, -0.2) is 505 Å². The van der Waals surface area contributed by atoms with Gasteiger partial charge in [-0.2, -0.15) is 0 Å². The molecule has 0 radical (unpaired) electrons. The number of rotatable bonds is 112. The maximum atomic E-state index is 11.7. The average Bonchev–Trinajstić information content (AvgIpc) is 1.73. The summed E-state index contributed by atoms with van der Waals surface area (Å²) in [5, 5.41) is 3.90. The van der Waals surface area contributed by atoms with Gasteiger partial charge < -0.3 is 175 Å². The number of carbonyl (C=O) groups excluding carboxylic acids is 3. The Labute approximate surface area is 727 Å². The number of nitrogens with zero attached hydrogens (tertiary/aromatic N) is 4. The number of imide groups is 1. The highest BCUT2D eigenvalue weighted by Gasteiger charge is 2.32. The Hall–Kier alpha value is -3.52. The summed E-state index contributed by atoms with van der Waals surface area (Å²) in [5.41, 5.74) is 8.19. The van der Waals surface area contributed by atoms with Crippen LogP contribution < -0.4 is 0 Å². The second kappa shape index (κ2) is 107. The van der Waals surface area contributed by atoms with E-state index >= 15 is 0 Å². The van der Waals surface area contributed by atoms with Crippen molar-refractivity contribution in [2.24, 2.45) is 5.11 Å². The standard InChI is InChI=1S/C79H152N4O40/c80-82-81-4-6-88-8-10-90-12-14-92-16-18-94-20-22-96-24-26-98-28-30-100-32-34-102-36-38-104-40-42-106-44-46-108-48-50-110-52-54-112-56-58-114-60-62-116-64-66-118-68-70-120-72-74-122-76-75-121-73-71-119-69-67-117-65-63-115-61-59-113-57-55-111-53-51-109-49-47-107-45-43-105-41-39-103-37-35-101-33-31-99-29-27-97-25-23-95-21-19-93-17-15-91-13-11-89-9-7-87-5-3-79(86)123-83-77(84)1-2-78(83)85/h1-76H2. The highest BCUT2D eigenvalue weighted by molar-refractivity contribution is 6.01. The van der Waals surface area contributed by atoms with Crippen LogP contribution in [-0.2, 0) is 190 Å². The zero-order valence-electron chi connectivity index (χ0n) is 73.4. The van der Waals surface area contributed by atoms with E-state index in [1.165, 1.54) is 0 Å². The summed E-state index contributed by atoms with van der Waals surface area (Å²) < 4.78 is 198. The van der Waals surface area contributed by atoms with Gasteiger partial charge >= 0.3 is 5.97 Å². The number of amides is 2. The van der Waals surface area contributed by atoms with Crippen molar-refractivity contribution >= 4 is 17.8 Å². The maximum absolute atomic E-state index is 11.7. The van der Waals surface area contributed by atoms with Gasteiger partial charge in [-0.05, 0) is 5.53 Å². The molecule has 1 fully saturated rings. The molecule has 0 aliphatic carbocycles. The lowest BCUT2D eigenvalue weighted by atomic mass is 10.4. The molecule has 1 aliphatic heterocycles. The summed E-state index contributed by atoms with van der Waals surface area (Å²) in [6.45, 7) is 33.0. The molecule has 0 spiro atoms. The molecule has 728 valence electrons. The first-order valence-electron chi connectivity index (χ1n) is 43.0.